The fourth-order valence-corrected chi connectivity index (χ4v) is 3.75. The quantitative estimate of drug-likeness (QED) is 0.385. The predicted octanol–water partition coefficient (Wildman–Crippen LogP) is 5.63. The van der Waals surface area contributed by atoms with Crippen LogP contribution in [-0.2, 0) is 0 Å². The van der Waals surface area contributed by atoms with Gasteiger partial charge in [-0.25, -0.2) is 0 Å². The number of amides is 1. The van der Waals surface area contributed by atoms with Crippen molar-refractivity contribution in [3.63, 3.8) is 0 Å². The predicted molar refractivity (Wildman–Crippen MR) is 116 cm³/mol. The topological polar surface area (TPSA) is 90.4 Å². The summed E-state index contributed by atoms with van der Waals surface area (Å²) in [6, 6.07) is 14.8. The first-order valence-electron chi connectivity index (χ1n) is 9.61. The first-order valence-corrected chi connectivity index (χ1v) is 10.5. The molecule has 0 unspecified atom stereocenters. The monoisotopic (exact) mass is 423 g/mol. The van der Waals surface area contributed by atoms with Gasteiger partial charge in [-0.1, -0.05) is 31.1 Å². The number of hydrogen-bond donors (Lipinski definition) is 1. The summed E-state index contributed by atoms with van der Waals surface area (Å²) < 4.78 is 17.0. The van der Waals surface area contributed by atoms with Gasteiger partial charge < -0.3 is 13.6 Å². The number of benzene rings is 2. The van der Waals surface area contributed by atoms with Gasteiger partial charge in [0.2, 0.25) is 0 Å². The highest BCUT2D eigenvalue weighted by Crippen LogP contribution is 2.33. The Balaban J connectivity index is 1.49. The van der Waals surface area contributed by atoms with Crippen molar-refractivity contribution >= 4 is 34.7 Å². The van der Waals surface area contributed by atoms with E-state index in [4.69, 9.17) is 13.6 Å². The fourth-order valence-electron chi connectivity index (χ4n) is 2.91. The number of para-hydroxylation sites is 1. The highest BCUT2D eigenvalue weighted by atomic mass is 32.2. The number of rotatable bonds is 7. The number of carbonyl (C=O) groups excluding carboxylic acids is 1. The van der Waals surface area contributed by atoms with Gasteiger partial charge in [0.15, 0.2) is 17.1 Å². The van der Waals surface area contributed by atoms with Crippen molar-refractivity contribution in [3.8, 4) is 17.4 Å². The molecule has 4 aromatic rings. The lowest BCUT2D eigenvalue weighted by Crippen LogP contribution is -2.11. The minimum Gasteiger partial charge on any atom is -0.490 e. The third kappa shape index (κ3) is 4.33. The molecule has 8 heteroatoms. The van der Waals surface area contributed by atoms with Crippen LogP contribution in [0, 0.1) is 0 Å². The van der Waals surface area contributed by atoms with E-state index >= 15 is 0 Å². The number of carbonyl (C=O) groups is 1. The molecule has 0 saturated carbocycles. The first-order chi connectivity index (χ1) is 14.5. The second-order valence-corrected chi connectivity index (χ2v) is 8.43. The van der Waals surface area contributed by atoms with Gasteiger partial charge in [-0.05, 0) is 43.3 Å². The van der Waals surface area contributed by atoms with Crippen molar-refractivity contribution in [2.75, 3.05) is 11.9 Å². The van der Waals surface area contributed by atoms with E-state index in [0.29, 0.717) is 34.5 Å². The van der Waals surface area contributed by atoms with E-state index in [0.717, 1.165) is 10.3 Å². The molecule has 0 aliphatic rings. The molecule has 0 fully saturated rings. The summed E-state index contributed by atoms with van der Waals surface area (Å²) in [5.41, 5.74) is 1.12. The second kappa shape index (κ2) is 8.62. The normalized spacial score (nSPS) is 11.2. The Hall–Kier alpha value is -3.26. The van der Waals surface area contributed by atoms with E-state index in [1.54, 1.807) is 30.0 Å². The van der Waals surface area contributed by atoms with Crippen LogP contribution in [-0.4, -0.2) is 28.0 Å². The summed E-state index contributed by atoms with van der Waals surface area (Å²) in [4.78, 5) is 13.6. The van der Waals surface area contributed by atoms with Gasteiger partial charge in [0.1, 0.15) is 0 Å². The first kappa shape index (κ1) is 20.0. The lowest BCUT2D eigenvalue weighted by Gasteiger charge is -2.05. The van der Waals surface area contributed by atoms with Crippen molar-refractivity contribution in [2.24, 2.45) is 0 Å². The molecule has 1 amide bonds. The number of aromatic nitrogens is 2. The zero-order chi connectivity index (χ0) is 21.1. The molecule has 154 valence electrons. The van der Waals surface area contributed by atoms with Crippen LogP contribution in [0.3, 0.4) is 0 Å². The van der Waals surface area contributed by atoms with Crippen LogP contribution in [0.15, 0.2) is 62.3 Å². The Morgan fingerprint density at radius 3 is 2.67 bits per heavy atom. The zero-order valence-corrected chi connectivity index (χ0v) is 17.7. The molecule has 2 aromatic heterocycles. The van der Waals surface area contributed by atoms with Crippen LogP contribution in [0.4, 0.5) is 6.01 Å². The van der Waals surface area contributed by atoms with E-state index in [2.05, 4.69) is 29.4 Å². The Kier molecular flexibility index (Phi) is 5.76. The molecule has 0 bridgehead atoms. The van der Waals surface area contributed by atoms with Crippen LogP contribution >= 0.6 is 11.8 Å². The SMILES string of the molecule is CCOc1cccc2cc(-c3nnc(NC(=O)c4ccc(SC(C)C)cc4)o3)oc12. The molecule has 1 N–H and O–H groups in total. The number of hydrogen-bond acceptors (Lipinski definition) is 7. The average molecular weight is 423 g/mol. The van der Waals surface area contributed by atoms with Crippen LogP contribution in [0.1, 0.15) is 31.1 Å². The highest BCUT2D eigenvalue weighted by Gasteiger charge is 2.17. The van der Waals surface area contributed by atoms with Crippen molar-refractivity contribution < 1.29 is 18.4 Å². The second-order valence-electron chi connectivity index (χ2n) is 6.78. The number of anilines is 1. The maximum absolute atomic E-state index is 12.5. The maximum Gasteiger partial charge on any atom is 0.322 e. The lowest BCUT2D eigenvalue weighted by molar-refractivity contribution is 0.102. The number of ether oxygens (including phenoxy) is 1. The average Bonchev–Trinajstić information content (AvgIpc) is 3.35. The van der Waals surface area contributed by atoms with Gasteiger partial charge in [-0.3, -0.25) is 10.1 Å². The van der Waals surface area contributed by atoms with Crippen molar-refractivity contribution in [1.82, 2.24) is 10.2 Å². The molecule has 7 nitrogen and oxygen atoms in total. The Bertz CT molecular complexity index is 1160. The summed E-state index contributed by atoms with van der Waals surface area (Å²) in [5, 5.41) is 11.8. The van der Waals surface area contributed by atoms with Crippen molar-refractivity contribution in [2.45, 2.75) is 30.9 Å². The summed E-state index contributed by atoms with van der Waals surface area (Å²) >= 11 is 1.74. The summed E-state index contributed by atoms with van der Waals surface area (Å²) in [7, 11) is 0. The van der Waals surface area contributed by atoms with Gasteiger partial charge in [0.25, 0.3) is 11.8 Å². The largest absolute Gasteiger partial charge is 0.490 e. The number of furan rings is 1. The smallest absolute Gasteiger partial charge is 0.322 e. The van der Waals surface area contributed by atoms with E-state index in [1.807, 2.05) is 37.3 Å². The summed E-state index contributed by atoms with van der Waals surface area (Å²) in [6.07, 6.45) is 0. The van der Waals surface area contributed by atoms with Crippen LogP contribution in [0.2, 0.25) is 0 Å². The molecule has 0 aliphatic carbocycles. The van der Waals surface area contributed by atoms with E-state index in [1.165, 1.54) is 0 Å². The minimum absolute atomic E-state index is 0.00104. The third-order valence-corrected chi connectivity index (χ3v) is 5.17. The van der Waals surface area contributed by atoms with Gasteiger partial charge in [-0.15, -0.1) is 16.9 Å². The molecule has 0 aliphatic heterocycles. The Labute approximate surface area is 177 Å². The van der Waals surface area contributed by atoms with Crippen molar-refractivity contribution in [3.05, 3.63) is 54.1 Å². The molecular weight excluding hydrogens is 402 g/mol. The molecule has 30 heavy (non-hydrogen) atoms. The summed E-state index contributed by atoms with van der Waals surface area (Å²) in [5.74, 6) is 0.899. The van der Waals surface area contributed by atoms with Crippen LogP contribution < -0.4 is 10.1 Å². The van der Waals surface area contributed by atoms with E-state index < -0.39 is 0 Å². The Morgan fingerprint density at radius 1 is 1.13 bits per heavy atom. The van der Waals surface area contributed by atoms with Crippen LogP contribution in [0.5, 0.6) is 5.75 Å². The van der Waals surface area contributed by atoms with Crippen LogP contribution in [0.25, 0.3) is 22.6 Å². The number of fused-ring (bicyclic) bond motifs is 1. The minimum atomic E-state index is -0.325. The molecule has 4 rings (SSSR count). The Morgan fingerprint density at radius 2 is 1.93 bits per heavy atom. The van der Waals surface area contributed by atoms with E-state index in [-0.39, 0.29) is 17.8 Å². The molecule has 0 radical (unpaired) electrons. The molecule has 2 heterocycles. The lowest BCUT2D eigenvalue weighted by atomic mass is 10.2. The number of nitrogens with zero attached hydrogens (tertiary/aromatic N) is 2. The highest BCUT2D eigenvalue weighted by molar-refractivity contribution is 7.99. The maximum atomic E-state index is 12.5. The number of nitrogens with one attached hydrogen (secondary N) is 1. The molecule has 0 saturated heterocycles. The van der Waals surface area contributed by atoms with Gasteiger partial charge >= 0.3 is 6.01 Å². The molecule has 0 spiro atoms. The number of thioether (sulfide) groups is 1. The molecular formula is C22H21N3O4S. The standard InChI is InChI=1S/C22H21N3O4S/c1-4-27-17-7-5-6-15-12-18(28-19(15)17)21-24-25-22(29-21)23-20(26)14-8-10-16(11-9-14)30-13(2)3/h5-13H,4H2,1-3H3,(H,23,25,26). The fraction of sp³-hybridized carbons (Fsp3) is 0.227. The summed E-state index contributed by atoms with van der Waals surface area (Å²) in [6.45, 7) is 6.69. The van der Waals surface area contributed by atoms with Gasteiger partial charge in [0.05, 0.1) is 6.61 Å². The van der Waals surface area contributed by atoms with Crippen molar-refractivity contribution in [1.29, 1.82) is 0 Å². The van der Waals surface area contributed by atoms with E-state index in [9.17, 15) is 4.79 Å². The molecule has 0 atom stereocenters. The third-order valence-electron chi connectivity index (χ3n) is 4.15. The zero-order valence-electron chi connectivity index (χ0n) is 16.8. The van der Waals surface area contributed by atoms with Gasteiger partial charge in [0, 0.05) is 21.1 Å². The van der Waals surface area contributed by atoms with Gasteiger partial charge in [-0.2, -0.15) is 0 Å². The molecule has 2 aromatic carbocycles.